The first kappa shape index (κ1) is 14.7. The molecule has 1 rings (SSSR count). The van der Waals surface area contributed by atoms with Crippen LogP contribution in [-0.2, 0) is 14.3 Å². The Morgan fingerprint density at radius 3 is 2.33 bits per heavy atom. The van der Waals surface area contributed by atoms with Gasteiger partial charge in [0.1, 0.15) is 0 Å². The molecule has 0 unspecified atom stereocenters. The maximum Gasteiger partial charge on any atom is 0.523 e. The van der Waals surface area contributed by atoms with E-state index in [2.05, 4.69) is 4.18 Å². The van der Waals surface area contributed by atoms with Crippen molar-refractivity contribution in [3.63, 3.8) is 0 Å². The van der Waals surface area contributed by atoms with E-state index in [1.54, 1.807) is 12.2 Å². The SMILES string of the molecule is O=S(=O)(OCCC=Cc1ccccc1)C(F)(F)F. The lowest BCUT2D eigenvalue weighted by Crippen LogP contribution is -2.25. The highest BCUT2D eigenvalue weighted by atomic mass is 32.2. The Bertz CT molecular complexity index is 492. The maximum absolute atomic E-state index is 11.9. The van der Waals surface area contributed by atoms with Crippen LogP contribution in [0.3, 0.4) is 0 Å². The average molecular weight is 280 g/mol. The fourth-order valence-electron chi connectivity index (χ4n) is 1.08. The van der Waals surface area contributed by atoms with E-state index in [1.165, 1.54) is 0 Å². The van der Waals surface area contributed by atoms with Crippen LogP contribution in [0, 0.1) is 0 Å². The van der Waals surface area contributed by atoms with Crippen LogP contribution in [0.25, 0.3) is 6.08 Å². The Labute approximate surface area is 103 Å². The Kier molecular flexibility index (Phi) is 4.92. The highest BCUT2D eigenvalue weighted by molar-refractivity contribution is 7.87. The van der Waals surface area contributed by atoms with Crippen molar-refractivity contribution in [2.24, 2.45) is 0 Å². The lowest BCUT2D eigenvalue weighted by Gasteiger charge is -2.06. The molecular weight excluding hydrogens is 269 g/mol. The van der Waals surface area contributed by atoms with E-state index in [4.69, 9.17) is 0 Å². The molecule has 0 fully saturated rings. The normalized spacial score (nSPS) is 13.1. The third-order valence-electron chi connectivity index (χ3n) is 1.92. The largest absolute Gasteiger partial charge is 0.523 e. The highest BCUT2D eigenvalue weighted by Gasteiger charge is 2.47. The minimum atomic E-state index is -5.48. The zero-order valence-corrected chi connectivity index (χ0v) is 10.0. The van der Waals surface area contributed by atoms with Gasteiger partial charge in [-0.25, -0.2) is 0 Å². The molecule has 1 aromatic rings. The summed E-state index contributed by atoms with van der Waals surface area (Å²) in [4.78, 5) is 0. The van der Waals surface area contributed by atoms with Gasteiger partial charge >= 0.3 is 15.6 Å². The summed E-state index contributed by atoms with van der Waals surface area (Å²) in [5.41, 5.74) is -4.49. The molecule has 0 amide bonds. The third-order valence-corrected chi connectivity index (χ3v) is 2.96. The molecule has 18 heavy (non-hydrogen) atoms. The quantitative estimate of drug-likeness (QED) is 0.473. The fourth-order valence-corrected chi connectivity index (χ4v) is 1.53. The minimum absolute atomic E-state index is 0.0736. The van der Waals surface area contributed by atoms with Crippen molar-refractivity contribution in [2.75, 3.05) is 6.61 Å². The first-order chi connectivity index (χ1) is 8.33. The van der Waals surface area contributed by atoms with Gasteiger partial charge in [0, 0.05) is 0 Å². The molecule has 7 heteroatoms. The lowest BCUT2D eigenvalue weighted by molar-refractivity contribution is -0.0541. The molecule has 0 atom stereocenters. The molecule has 0 N–H and O–H groups in total. The summed E-state index contributed by atoms with van der Waals surface area (Å²) in [5.74, 6) is 0. The zero-order valence-electron chi connectivity index (χ0n) is 9.22. The van der Waals surface area contributed by atoms with E-state index in [0.717, 1.165) is 5.56 Å². The molecule has 0 saturated heterocycles. The monoisotopic (exact) mass is 280 g/mol. The molecule has 0 saturated carbocycles. The van der Waals surface area contributed by atoms with Gasteiger partial charge in [-0.2, -0.15) is 21.6 Å². The van der Waals surface area contributed by atoms with Crippen molar-refractivity contribution in [2.45, 2.75) is 11.9 Å². The summed E-state index contributed by atoms with van der Waals surface area (Å²) in [5, 5.41) is 0. The van der Waals surface area contributed by atoms with Crippen molar-refractivity contribution in [1.82, 2.24) is 0 Å². The van der Waals surface area contributed by atoms with E-state index >= 15 is 0 Å². The summed E-state index contributed by atoms with van der Waals surface area (Å²) >= 11 is 0. The molecule has 3 nitrogen and oxygen atoms in total. The van der Waals surface area contributed by atoms with Crippen molar-refractivity contribution in [3.8, 4) is 0 Å². The van der Waals surface area contributed by atoms with Crippen LogP contribution >= 0.6 is 0 Å². The topological polar surface area (TPSA) is 43.4 Å². The molecule has 100 valence electrons. The van der Waals surface area contributed by atoms with E-state index in [1.807, 2.05) is 30.3 Å². The van der Waals surface area contributed by atoms with Crippen molar-refractivity contribution >= 4 is 16.2 Å². The molecular formula is C11H11F3O3S. The van der Waals surface area contributed by atoms with Crippen LogP contribution in [0.2, 0.25) is 0 Å². The number of rotatable bonds is 5. The molecule has 0 aliphatic heterocycles. The van der Waals surface area contributed by atoms with Gasteiger partial charge in [0.2, 0.25) is 0 Å². The molecule has 0 bridgehead atoms. The molecule has 1 aromatic carbocycles. The smallest absolute Gasteiger partial charge is 0.263 e. The van der Waals surface area contributed by atoms with E-state index in [0.29, 0.717) is 0 Å². The van der Waals surface area contributed by atoms with Crippen LogP contribution in [0.5, 0.6) is 0 Å². The third kappa shape index (κ3) is 4.50. The molecule has 0 radical (unpaired) electrons. The highest BCUT2D eigenvalue weighted by Crippen LogP contribution is 2.24. The van der Waals surface area contributed by atoms with Gasteiger partial charge in [-0.3, -0.25) is 4.18 Å². The summed E-state index contributed by atoms with van der Waals surface area (Å²) in [7, 11) is -5.48. The number of hydrogen-bond donors (Lipinski definition) is 0. The molecule has 0 aliphatic rings. The van der Waals surface area contributed by atoms with Crippen LogP contribution in [0.4, 0.5) is 13.2 Å². The second kappa shape index (κ2) is 6.01. The Morgan fingerprint density at radius 2 is 1.78 bits per heavy atom. The van der Waals surface area contributed by atoms with Crippen molar-refractivity contribution in [3.05, 3.63) is 42.0 Å². The maximum atomic E-state index is 11.9. The van der Waals surface area contributed by atoms with Crippen LogP contribution in [0.15, 0.2) is 36.4 Å². The van der Waals surface area contributed by atoms with E-state index in [-0.39, 0.29) is 6.42 Å². The summed E-state index contributed by atoms with van der Waals surface area (Å²) in [6.45, 7) is -0.537. The van der Waals surface area contributed by atoms with Gasteiger partial charge in [0.15, 0.2) is 0 Å². The van der Waals surface area contributed by atoms with Gasteiger partial charge in [-0.05, 0) is 12.0 Å². The zero-order chi connectivity index (χ0) is 13.6. The standard InChI is InChI=1S/C11H11F3O3S/c12-11(13,14)18(15,16)17-9-5-4-8-10-6-2-1-3-7-10/h1-4,6-8H,5,9H2. The predicted molar refractivity (Wildman–Crippen MR) is 61.0 cm³/mol. The predicted octanol–water partition coefficient (Wildman–Crippen LogP) is 2.96. The van der Waals surface area contributed by atoms with Gasteiger partial charge in [0.25, 0.3) is 0 Å². The van der Waals surface area contributed by atoms with Crippen LogP contribution in [-0.4, -0.2) is 20.5 Å². The second-order valence-corrected chi connectivity index (χ2v) is 4.93. The molecule has 0 heterocycles. The number of hydrogen-bond acceptors (Lipinski definition) is 3. The number of halogens is 3. The van der Waals surface area contributed by atoms with E-state index in [9.17, 15) is 21.6 Å². The molecule has 0 aliphatic carbocycles. The summed E-state index contributed by atoms with van der Waals surface area (Å²) in [6.07, 6.45) is 3.29. The number of alkyl halides is 3. The second-order valence-electron chi connectivity index (χ2n) is 3.32. The molecule has 0 spiro atoms. The minimum Gasteiger partial charge on any atom is -0.263 e. The first-order valence-electron chi connectivity index (χ1n) is 5.00. The summed E-state index contributed by atoms with van der Waals surface area (Å²) < 4.78 is 60.5. The Balaban J connectivity index is 2.39. The first-order valence-corrected chi connectivity index (χ1v) is 6.41. The van der Waals surface area contributed by atoms with Crippen LogP contribution in [0.1, 0.15) is 12.0 Å². The van der Waals surface area contributed by atoms with E-state index < -0.39 is 22.2 Å². The van der Waals surface area contributed by atoms with Gasteiger partial charge < -0.3 is 0 Å². The van der Waals surface area contributed by atoms with Crippen molar-refractivity contribution in [1.29, 1.82) is 0 Å². The van der Waals surface area contributed by atoms with Gasteiger partial charge in [-0.15, -0.1) is 0 Å². The molecule has 0 aromatic heterocycles. The van der Waals surface area contributed by atoms with Crippen LogP contribution < -0.4 is 0 Å². The lowest BCUT2D eigenvalue weighted by atomic mass is 10.2. The van der Waals surface area contributed by atoms with Gasteiger partial charge in [-0.1, -0.05) is 42.5 Å². The average Bonchev–Trinajstić information content (AvgIpc) is 2.28. The fraction of sp³-hybridized carbons (Fsp3) is 0.273. The number of benzene rings is 1. The van der Waals surface area contributed by atoms with Crippen molar-refractivity contribution < 1.29 is 25.8 Å². The van der Waals surface area contributed by atoms with Gasteiger partial charge in [0.05, 0.1) is 6.61 Å². The Morgan fingerprint density at radius 1 is 1.17 bits per heavy atom. The summed E-state index contributed by atoms with van der Waals surface area (Å²) in [6, 6.07) is 9.07. The Hall–Kier alpha value is -1.34.